The van der Waals surface area contributed by atoms with Crippen LogP contribution in [0, 0.1) is 10.1 Å². The SMILES string of the molecule is COc1ccc(C(=O)NCC(=O)NCc2ccc(C(=O)[O-])cc2)cc1[N+](=O)[O-]. The molecule has 0 aliphatic heterocycles. The molecule has 2 N–H and O–H groups in total. The molecule has 0 bridgehead atoms. The number of carbonyl (C=O) groups excluding carboxylic acids is 3. The molecule has 2 aromatic carbocycles. The number of carbonyl (C=O) groups is 3. The third-order valence-electron chi connectivity index (χ3n) is 3.73. The average molecular weight is 386 g/mol. The summed E-state index contributed by atoms with van der Waals surface area (Å²) in [4.78, 5) is 44.9. The van der Waals surface area contributed by atoms with E-state index in [-0.39, 0.29) is 35.7 Å². The van der Waals surface area contributed by atoms with Gasteiger partial charge in [-0.3, -0.25) is 19.7 Å². The van der Waals surface area contributed by atoms with Gasteiger partial charge in [-0.15, -0.1) is 0 Å². The quantitative estimate of drug-likeness (QED) is 0.479. The number of ether oxygens (including phenoxy) is 1. The van der Waals surface area contributed by atoms with Crippen LogP contribution in [-0.2, 0) is 11.3 Å². The fourth-order valence-electron chi connectivity index (χ4n) is 2.26. The Morgan fingerprint density at radius 1 is 1.04 bits per heavy atom. The largest absolute Gasteiger partial charge is 0.545 e. The molecule has 0 heterocycles. The second kappa shape index (κ2) is 9.12. The van der Waals surface area contributed by atoms with E-state index in [0.717, 1.165) is 6.07 Å². The number of nitro groups is 1. The first-order valence-corrected chi connectivity index (χ1v) is 7.99. The van der Waals surface area contributed by atoms with Crippen molar-refractivity contribution in [1.82, 2.24) is 10.6 Å². The van der Waals surface area contributed by atoms with Gasteiger partial charge < -0.3 is 25.3 Å². The Labute approximate surface area is 159 Å². The molecule has 0 spiro atoms. The molecule has 0 aliphatic carbocycles. The van der Waals surface area contributed by atoms with Gasteiger partial charge in [0.25, 0.3) is 5.91 Å². The number of carboxylic acids is 1. The number of methoxy groups -OCH3 is 1. The molecule has 0 aromatic heterocycles. The zero-order valence-corrected chi connectivity index (χ0v) is 14.8. The summed E-state index contributed by atoms with van der Waals surface area (Å²) in [6, 6.07) is 9.47. The zero-order valence-electron chi connectivity index (χ0n) is 14.8. The number of hydrogen-bond donors (Lipinski definition) is 2. The van der Waals surface area contributed by atoms with Crippen LogP contribution in [0.5, 0.6) is 5.75 Å². The lowest BCUT2D eigenvalue weighted by Gasteiger charge is -2.09. The van der Waals surface area contributed by atoms with Crippen molar-refractivity contribution in [1.29, 1.82) is 0 Å². The summed E-state index contributed by atoms with van der Waals surface area (Å²) >= 11 is 0. The van der Waals surface area contributed by atoms with E-state index in [0.29, 0.717) is 5.56 Å². The molecule has 10 heteroatoms. The highest BCUT2D eigenvalue weighted by atomic mass is 16.6. The molecular weight excluding hydrogens is 370 g/mol. The van der Waals surface area contributed by atoms with E-state index >= 15 is 0 Å². The van der Waals surface area contributed by atoms with Crippen molar-refractivity contribution in [3.8, 4) is 5.75 Å². The predicted molar refractivity (Wildman–Crippen MR) is 94.6 cm³/mol. The third kappa shape index (κ3) is 5.27. The fraction of sp³-hybridized carbons (Fsp3) is 0.167. The van der Waals surface area contributed by atoms with Crippen molar-refractivity contribution in [2.24, 2.45) is 0 Å². The Balaban J connectivity index is 1.88. The maximum Gasteiger partial charge on any atom is 0.311 e. The number of carboxylic acid groups (broad SMARTS) is 1. The molecule has 0 unspecified atom stereocenters. The second-order valence-electron chi connectivity index (χ2n) is 5.59. The molecule has 2 amide bonds. The molecule has 0 saturated heterocycles. The lowest BCUT2D eigenvalue weighted by Crippen LogP contribution is -2.36. The highest BCUT2D eigenvalue weighted by Gasteiger charge is 2.18. The summed E-state index contributed by atoms with van der Waals surface area (Å²) < 4.78 is 4.86. The molecule has 0 aliphatic rings. The summed E-state index contributed by atoms with van der Waals surface area (Å²) in [5, 5.41) is 26.6. The summed E-state index contributed by atoms with van der Waals surface area (Å²) in [7, 11) is 1.28. The van der Waals surface area contributed by atoms with Crippen LogP contribution in [0.25, 0.3) is 0 Å². The lowest BCUT2D eigenvalue weighted by atomic mass is 10.1. The van der Waals surface area contributed by atoms with E-state index in [4.69, 9.17) is 4.74 Å². The number of hydrogen-bond acceptors (Lipinski definition) is 7. The maximum atomic E-state index is 12.1. The molecule has 28 heavy (non-hydrogen) atoms. The minimum absolute atomic E-state index is 0.0122. The molecule has 10 nitrogen and oxygen atoms in total. The lowest BCUT2D eigenvalue weighted by molar-refractivity contribution is -0.385. The number of benzene rings is 2. The van der Waals surface area contributed by atoms with Crippen molar-refractivity contribution in [2.75, 3.05) is 13.7 Å². The van der Waals surface area contributed by atoms with Gasteiger partial charge in [-0.05, 0) is 23.3 Å². The zero-order chi connectivity index (χ0) is 20.7. The van der Waals surface area contributed by atoms with Crippen LogP contribution in [0.3, 0.4) is 0 Å². The van der Waals surface area contributed by atoms with E-state index in [9.17, 15) is 29.6 Å². The summed E-state index contributed by atoms with van der Waals surface area (Å²) in [5.74, 6) is -2.42. The highest BCUT2D eigenvalue weighted by molar-refractivity contribution is 5.97. The third-order valence-corrected chi connectivity index (χ3v) is 3.73. The van der Waals surface area contributed by atoms with Crippen molar-refractivity contribution in [3.63, 3.8) is 0 Å². The van der Waals surface area contributed by atoms with Crippen LogP contribution in [-0.4, -0.2) is 36.4 Å². The molecule has 0 fully saturated rings. The maximum absolute atomic E-state index is 12.1. The number of nitrogens with one attached hydrogen (secondary N) is 2. The van der Waals surface area contributed by atoms with Gasteiger partial charge in [0, 0.05) is 18.2 Å². The molecule has 0 radical (unpaired) electrons. The van der Waals surface area contributed by atoms with E-state index in [2.05, 4.69) is 10.6 Å². The summed E-state index contributed by atoms with van der Waals surface area (Å²) in [6.45, 7) is -0.203. The van der Waals surface area contributed by atoms with Crippen LogP contribution in [0.1, 0.15) is 26.3 Å². The van der Waals surface area contributed by atoms with Gasteiger partial charge in [-0.1, -0.05) is 24.3 Å². The average Bonchev–Trinajstić information content (AvgIpc) is 2.70. The van der Waals surface area contributed by atoms with Gasteiger partial charge in [-0.25, -0.2) is 0 Å². The Hall–Kier alpha value is -3.95. The molecule has 146 valence electrons. The van der Waals surface area contributed by atoms with Crippen LogP contribution in [0.4, 0.5) is 5.69 Å². The first kappa shape index (κ1) is 20.4. The first-order chi connectivity index (χ1) is 13.3. The molecule has 2 rings (SSSR count). The van der Waals surface area contributed by atoms with Crippen molar-refractivity contribution >= 4 is 23.5 Å². The van der Waals surface area contributed by atoms with Gasteiger partial charge in [0.05, 0.1) is 24.5 Å². The van der Waals surface area contributed by atoms with E-state index in [1.165, 1.54) is 43.5 Å². The van der Waals surface area contributed by atoms with Gasteiger partial charge >= 0.3 is 5.69 Å². The minimum Gasteiger partial charge on any atom is -0.545 e. The van der Waals surface area contributed by atoms with Crippen LogP contribution >= 0.6 is 0 Å². The Morgan fingerprint density at radius 3 is 2.25 bits per heavy atom. The van der Waals surface area contributed by atoms with Crippen LogP contribution in [0.2, 0.25) is 0 Å². The molecule has 2 aromatic rings. The highest BCUT2D eigenvalue weighted by Crippen LogP contribution is 2.27. The summed E-state index contributed by atoms with van der Waals surface area (Å²) in [5.41, 5.74) is 0.337. The Kier molecular flexibility index (Phi) is 6.63. The van der Waals surface area contributed by atoms with Crippen LogP contribution in [0.15, 0.2) is 42.5 Å². The smallest absolute Gasteiger partial charge is 0.311 e. The van der Waals surface area contributed by atoms with Crippen LogP contribution < -0.4 is 20.5 Å². The predicted octanol–water partition coefficient (Wildman–Crippen LogP) is 0.0131. The van der Waals surface area contributed by atoms with Gasteiger partial charge in [0.1, 0.15) is 0 Å². The number of amides is 2. The fourth-order valence-corrected chi connectivity index (χ4v) is 2.26. The van der Waals surface area contributed by atoms with Gasteiger partial charge in [0.15, 0.2) is 5.75 Å². The van der Waals surface area contributed by atoms with E-state index in [1.54, 1.807) is 0 Å². The Morgan fingerprint density at radius 2 is 1.68 bits per heavy atom. The Bertz CT molecular complexity index is 910. The number of rotatable bonds is 8. The number of aromatic carboxylic acids is 1. The van der Waals surface area contributed by atoms with E-state index in [1.807, 2.05) is 0 Å². The van der Waals surface area contributed by atoms with Crippen molar-refractivity contribution in [2.45, 2.75) is 6.54 Å². The minimum atomic E-state index is -1.29. The topological polar surface area (TPSA) is 151 Å². The van der Waals surface area contributed by atoms with Gasteiger partial charge in [0.2, 0.25) is 5.91 Å². The first-order valence-electron chi connectivity index (χ1n) is 7.99. The van der Waals surface area contributed by atoms with E-state index < -0.39 is 22.7 Å². The summed E-state index contributed by atoms with van der Waals surface area (Å²) in [6.07, 6.45) is 0. The molecule has 0 atom stereocenters. The monoisotopic (exact) mass is 386 g/mol. The number of nitrogens with zero attached hydrogens (tertiary/aromatic N) is 1. The molecular formula is C18H16N3O7-. The molecule has 0 saturated carbocycles. The van der Waals surface area contributed by atoms with Crippen molar-refractivity contribution < 1.29 is 29.2 Å². The normalized spacial score (nSPS) is 10.0. The second-order valence-corrected chi connectivity index (χ2v) is 5.59. The standard InChI is InChI=1S/C18H17N3O7/c1-28-15-7-6-13(8-14(15)21(26)27)17(23)20-10-16(22)19-9-11-2-4-12(5-3-11)18(24)25/h2-8H,9-10H2,1H3,(H,19,22)(H,20,23)(H,24,25)/p-1. The number of nitro benzene ring substituents is 1. The van der Waals surface area contributed by atoms with Crippen molar-refractivity contribution in [3.05, 3.63) is 69.3 Å². The van der Waals surface area contributed by atoms with Gasteiger partial charge in [-0.2, -0.15) is 0 Å².